The Bertz CT molecular complexity index is 1040. The van der Waals surface area contributed by atoms with Crippen LogP contribution in [0.25, 0.3) is 11.6 Å². The molecule has 0 spiro atoms. The van der Waals surface area contributed by atoms with E-state index in [-0.39, 0.29) is 5.82 Å². The van der Waals surface area contributed by atoms with E-state index in [4.69, 9.17) is 16.3 Å². The van der Waals surface area contributed by atoms with Gasteiger partial charge in [-0.25, -0.2) is 4.39 Å². The van der Waals surface area contributed by atoms with Crippen LogP contribution in [-0.2, 0) is 6.61 Å². The second-order valence-electron chi connectivity index (χ2n) is 5.75. The molecule has 27 heavy (non-hydrogen) atoms. The molecular weight excluding hydrogens is 429 g/mol. The summed E-state index contributed by atoms with van der Waals surface area (Å²) in [7, 11) is 0. The fourth-order valence-corrected chi connectivity index (χ4v) is 3.20. The quantitative estimate of drug-likeness (QED) is 0.318. The van der Waals surface area contributed by atoms with Crippen LogP contribution in [0.15, 0.2) is 71.2 Å². The molecule has 0 amide bonds. The monoisotopic (exact) mass is 441 g/mol. The molecule has 0 fully saturated rings. The lowest BCUT2D eigenvalue weighted by Gasteiger charge is -2.10. The van der Waals surface area contributed by atoms with E-state index in [0.717, 1.165) is 15.6 Å². The van der Waals surface area contributed by atoms with E-state index in [1.54, 1.807) is 18.2 Å². The van der Waals surface area contributed by atoms with Crippen molar-refractivity contribution < 1.29 is 9.13 Å². The van der Waals surface area contributed by atoms with Crippen LogP contribution in [0.5, 0.6) is 5.75 Å². The molecule has 2 nitrogen and oxygen atoms in total. The molecule has 3 aromatic carbocycles. The molecule has 0 unspecified atom stereocenters. The van der Waals surface area contributed by atoms with Gasteiger partial charge in [-0.05, 0) is 63.5 Å². The SMILES string of the molecule is N#C/C(=C/c1ccc(OCc2ccccc2Cl)c(Br)c1)c1cccc(F)c1. The Morgan fingerprint density at radius 2 is 1.93 bits per heavy atom. The molecule has 3 rings (SSSR count). The lowest BCUT2D eigenvalue weighted by molar-refractivity contribution is 0.304. The first-order valence-electron chi connectivity index (χ1n) is 8.10. The Morgan fingerprint density at radius 1 is 1.11 bits per heavy atom. The van der Waals surface area contributed by atoms with Gasteiger partial charge in [0.05, 0.1) is 16.1 Å². The summed E-state index contributed by atoms with van der Waals surface area (Å²) in [6.07, 6.45) is 1.71. The van der Waals surface area contributed by atoms with E-state index in [1.807, 2.05) is 42.5 Å². The van der Waals surface area contributed by atoms with Crippen LogP contribution in [0.2, 0.25) is 5.02 Å². The van der Waals surface area contributed by atoms with Crippen LogP contribution >= 0.6 is 27.5 Å². The highest BCUT2D eigenvalue weighted by Crippen LogP contribution is 2.29. The highest BCUT2D eigenvalue weighted by molar-refractivity contribution is 9.10. The molecule has 0 aliphatic carbocycles. The summed E-state index contributed by atoms with van der Waals surface area (Å²) in [6, 6.07) is 21.1. The summed E-state index contributed by atoms with van der Waals surface area (Å²) >= 11 is 9.63. The minimum absolute atomic E-state index is 0.347. The van der Waals surface area contributed by atoms with Crippen molar-refractivity contribution in [1.29, 1.82) is 5.26 Å². The lowest BCUT2D eigenvalue weighted by atomic mass is 10.0. The van der Waals surface area contributed by atoms with Gasteiger partial charge in [-0.3, -0.25) is 0 Å². The summed E-state index contributed by atoms with van der Waals surface area (Å²) < 4.78 is 20.0. The molecular formula is C22H14BrClFNO. The van der Waals surface area contributed by atoms with Gasteiger partial charge < -0.3 is 4.74 Å². The zero-order chi connectivity index (χ0) is 19.2. The summed E-state index contributed by atoms with van der Waals surface area (Å²) in [5.41, 5.74) is 2.61. The molecule has 0 saturated heterocycles. The van der Waals surface area contributed by atoms with E-state index in [0.29, 0.717) is 28.5 Å². The first-order valence-corrected chi connectivity index (χ1v) is 9.27. The van der Waals surface area contributed by atoms with Gasteiger partial charge in [0.1, 0.15) is 18.2 Å². The molecule has 0 saturated carbocycles. The minimum Gasteiger partial charge on any atom is -0.488 e. The van der Waals surface area contributed by atoms with E-state index in [2.05, 4.69) is 22.0 Å². The largest absolute Gasteiger partial charge is 0.488 e. The number of ether oxygens (including phenoxy) is 1. The smallest absolute Gasteiger partial charge is 0.134 e. The van der Waals surface area contributed by atoms with Gasteiger partial charge in [0, 0.05) is 10.6 Å². The summed E-state index contributed by atoms with van der Waals surface area (Å²) in [5, 5.41) is 10.1. The topological polar surface area (TPSA) is 33.0 Å². The lowest BCUT2D eigenvalue weighted by Crippen LogP contribution is -1.97. The molecule has 0 aromatic heterocycles. The van der Waals surface area contributed by atoms with Gasteiger partial charge in [-0.15, -0.1) is 0 Å². The third-order valence-corrected chi connectivity index (χ3v) is 4.85. The molecule has 0 radical (unpaired) electrons. The third kappa shape index (κ3) is 4.97. The van der Waals surface area contributed by atoms with Gasteiger partial charge in [-0.2, -0.15) is 5.26 Å². The summed E-state index contributed by atoms with van der Waals surface area (Å²) in [6.45, 7) is 0.347. The van der Waals surface area contributed by atoms with E-state index >= 15 is 0 Å². The molecule has 0 heterocycles. The summed E-state index contributed by atoms with van der Waals surface area (Å²) in [5.74, 6) is 0.287. The highest BCUT2D eigenvalue weighted by atomic mass is 79.9. The molecule has 0 N–H and O–H groups in total. The first-order chi connectivity index (χ1) is 13.1. The number of rotatable bonds is 5. The fourth-order valence-electron chi connectivity index (χ4n) is 2.50. The van der Waals surface area contributed by atoms with Crippen LogP contribution in [-0.4, -0.2) is 0 Å². The van der Waals surface area contributed by atoms with E-state index in [9.17, 15) is 9.65 Å². The summed E-state index contributed by atoms with van der Waals surface area (Å²) in [4.78, 5) is 0. The number of nitrogens with zero attached hydrogens (tertiary/aromatic N) is 1. The molecule has 3 aromatic rings. The van der Waals surface area contributed by atoms with Gasteiger partial charge in [-0.1, -0.05) is 48.0 Å². The fraction of sp³-hybridized carbons (Fsp3) is 0.0455. The molecule has 0 bridgehead atoms. The van der Waals surface area contributed by atoms with Crippen molar-refractivity contribution >= 4 is 39.2 Å². The van der Waals surface area contributed by atoms with Gasteiger partial charge in [0.2, 0.25) is 0 Å². The predicted molar refractivity (Wildman–Crippen MR) is 110 cm³/mol. The zero-order valence-corrected chi connectivity index (χ0v) is 16.5. The van der Waals surface area contributed by atoms with Crippen LogP contribution in [0.4, 0.5) is 4.39 Å². The van der Waals surface area contributed by atoms with Gasteiger partial charge in [0.15, 0.2) is 0 Å². The molecule has 0 aliphatic heterocycles. The number of allylic oxidation sites excluding steroid dienone is 1. The Hall–Kier alpha value is -2.61. The standard InChI is InChI=1S/C22H14BrClFNO/c23-20-11-15(10-18(13-26)16-5-3-6-19(25)12-16)8-9-22(20)27-14-17-4-1-2-7-21(17)24/h1-12H,14H2/b18-10-. The van der Waals surface area contributed by atoms with E-state index in [1.165, 1.54) is 12.1 Å². The number of hydrogen-bond donors (Lipinski definition) is 0. The average molecular weight is 443 g/mol. The average Bonchev–Trinajstić information content (AvgIpc) is 2.66. The van der Waals surface area contributed by atoms with Crippen molar-refractivity contribution in [2.24, 2.45) is 0 Å². The maximum Gasteiger partial charge on any atom is 0.134 e. The second kappa shape index (κ2) is 8.85. The predicted octanol–water partition coefficient (Wildman–Crippen LogP) is 6.88. The maximum atomic E-state index is 13.4. The Kier molecular flexibility index (Phi) is 6.28. The number of hydrogen-bond acceptors (Lipinski definition) is 2. The van der Waals surface area contributed by atoms with Crippen LogP contribution in [0.3, 0.4) is 0 Å². The maximum absolute atomic E-state index is 13.4. The third-order valence-electron chi connectivity index (χ3n) is 3.86. The van der Waals surface area contributed by atoms with Gasteiger partial charge >= 0.3 is 0 Å². The Morgan fingerprint density at radius 3 is 2.63 bits per heavy atom. The second-order valence-corrected chi connectivity index (χ2v) is 7.01. The van der Waals surface area contributed by atoms with Crippen molar-refractivity contribution in [2.75, 3.05) is 0 Å². The number of halogens is 3. The highest BCUT2D eigenvalue weighted by Gasteiger charge is 2.07. The van der Waals surface area contributed by atoms with Crippen molar-refractivity contribution in [3.63, 3.8) is 0 Å². The first kappa shape index (κ1) is 19.2. The minimum atomic E-state index is -0.377. The van der Waals surface area contributed by atoms with Crippen molar-refractivity contribution in [1.82, 2.24) is 0 Å². The molecule has 134 valence electrons. The van der Waals surface area contributed by atoms with Crippen molar-refractivity contribution in [3.8, 4) is 11.8 Å². The number of nitriles is 1. The number of benzene rings is 3. The molecule has 5 heteroatoms. The Labute approximate surface area is 170 Å². The molecule has 0 aliphatic rings. The van der Waals surface area contributed by atoms with Crippen LogP contribution < -0.4 is 4.74 Å². The van der Waals surface area contributed by atoms with E-state index < -0.39 is 0 Å². The van der Waals surface area contributed by atoms with Crippen LogP contribution in [0.1, 0.15) is 16.7 Å². The zero-order valence-electron chi connectivity index (χ0n) is 14.1. The van der Waals surface area contributed by atoms with Crippen LogP contribution in [0, 0.1) is 17.1 Å². The van der Waals surface area contributed by atoms with Gasteiger partial charge in [0.25, 0.3) is 0 Å². The normalized spacial score (nSPS) is 11.1. The van der Waals surface area contributed by atoms with Crippen molar-refractivity contribution in [2.45, 2.75) is 6.61 Å². The van der Waals surface area contributed by atoms with Crippen molar-refractivity contribution in [3.05, 3.63) is 98.7 Å². The Balaban J connectivity index is 1.80. The molecule has 0 atom stereocenters.